The van der Waals surface area contributed by atoms with Gasteiger partial charge >= 0.3 is 0 Å². The van der Waals surface area contributed by atoms with Gasteiger partial charge in [-0.2, -0.15) is 4.98 Å². The van der Waals surface area contributed by atoms with Gasteiger partial charge in [0.1, 0.15) is 17.5 Å². The first-order valence-electron chi connectivity index (χ1n) is 12.1. The van der Waals surface area contributed by atoms with Crippen LogP contribution in [0.2, 0.25) is 0 Å². The normalized spacial score (nSPS) is 17.6. The summed E-state index contributed by atoms with van der Waals surface area (Å²) in [5.41, 5.74) is 1.58. The summed E-state index contributed by atoms with van der Waals surface area (Å²) in [6.07, 6.45) is 11.3. The SMILES string of the molecule is Fc1cccc(F)c1CNc1nc(N2CCC(N3CCCCC3)CC2)ncc1-c1cccnc1. The quantitative estimate of drug-likeness (QED) is 0.561. The number of anilines is 2. The molecule has 0 radical (unpaired) electrons. The average molecular weight is 465 g/mol. The highest BCUT2D eigenvalue weighted by molar-refractivity contribution is 5.74. The molecule has 8 heteroatoms. The molecule has 2 aliphatic heterocycles. The number of hydrogen-bond acceptors (Lipinski definition) is 6. The lowest BCUT2D eigenvalue weighted by molar-refractivity contribution is 0.141. The number of hydrogen-bond donors (Lipinski definition) is 1. The summed E-state index contributed by atoms with van der Waals surface area (Å²) in [6.45, 7) is 4.20. The Hall–Kier alpha value is -3.13. The number of nitrogens with zero attached hydrogens (tertiary/aromatic N) is 5. The zero-order valence-electron chi connectivity index (χ0n) is 19.3. The second-order valence-corrected chi connectivity index (χ2v) is 9.04. The maximum atomic E-state index is 14.2. The fraction of sp³-hybridized carbons (Fsp3) is 0.423. The first-order chi connectivity index (χ1) is 16.7. The Labute approximate surface area is 199 Å². The molecule has 2 saturated heterocycles. The second kappa shape index (κ2) is 10.4. The van der Waals surface area contributed by atoms with Crippen molar-refractivity contribution >= 4 is 11.8 Å². The minimum Gasteiger partial charge on any atom is -0.365 e. The van der Waals surface area contributed by atoms with Crippen LogP contribution >= 0.6 is 0 Å². The zero-order valence-corrected chi connectivity index (χ0v) is 19.3. The van der Waals surface area contributed by atoms with Gasteiger partial charge in [-0.3, -0.25) is 4.98 Å². The van der Waals surface area contributed by atoms with Crippen molar-refractivity contribution < 1.29 is 8.78 Å². The van der Waals surface area contributed by atoms with Crippen LogP contribution in [0.15, 0.2) is 48.9 Å². The topological polar surface area (TPSA) is 57.2 Å². The van der Waals surface area contributed by atoms with E-state index in [0.717, 1.165) is 37.1 Å². The van der Waals surface area contributed by atoms with Crippen LogP contribution in [0.4, 0.5) is 20.5 Å². The molecular weight excluding hydrogens is 434 g/mol. The molecule has 34 heavy (non-hydrogen) atoms. The molecule has 0 spiro atoms. The Balaban J connectivity index is 1.36. The van der Waals surface area contributed by atoms with Gasteiger partial charge < -0.3 is 15.1 Å². The lowest BCUT2D eigenvalue weighted by Gasteiger charge is -2.40. The average Bonchev–Trinajstić information content (AvgIpc) is 2.89. The van der Waals surface area contributed by atoms with Crippen LogP contribution in [0.3, 0.4) is 0 Å². The van der Waals surface area contributed by atoms with E-state index in [1.807, 2.05) is 12.1 Å². The summed E-state index contributed by atoms with van der Waals surface area (Å²) >= 11 is 0. The maximum Gasteiger partial charge on any atom is 0.227 e. The first-order valence-corrected chi connectivity index (χ1v) is 12.1. The van der Waals surface area contributed by atoms with E-state index in [-0.39, 0.29) is 12.1 Å². The van der Waals surface area contributed by atoms with Crippen molar-refractivity contribution in [3.05, 3.63) is 66.1 Å². The van der Waals surface area contributed by atoms with Gasteiger partial charge in [0.05, 0.1) is 0 Å². The van der Waals surface area contributed by atoms with Gasteiger partial charge in [-0.05, 0) is 57.0 Å². The van der Waals surface area contributed by atoms with Crippen molar-refractivity contribution in [3.63, 3.8) is 0 Å². The molecule has 178 valence electrons. The van der Waals surface area contributed by atoms with Gasteiger partial charge in [0.15, 0.2) is 0 Å². The highest BCUT2D eigenvalue weighted by atomic mass is 19.1. The molecule has 5 rings (SSSR count). The van der Waals surface area contributed by atoms with Gasteiger partial charge in [0.2, 0.25) is 5.95 Å². The fourth-order valence-electron chi connectivity index (χ4n) is 4.98. The standard InChI is InChI=1S/C26H30F2N6/c27-23-7-4-8-24(28)22(23)18-30-25-21(19-6-5-11-29-16-19)17-31-26(32-25)34-14-9-20(10-15-34)33-12-2-1-3-13-33/h4-8,11,16-17,20H,1-3,9-10,12-15,18H2,(H,30,31,32). The van der Waals surface area contributed by atoms with E-state index >= 15 is 0 Å². The number of likely N-dealkylation sites (tertiary alicyclic amines) is 1. The molecule has 2 aliphatic rings. The van der Waals surface area contributed by atoms with E-state index in [1.54, 1.807) is 18.6 Å². The van der Waals surface area contributed by atoms with E-state index in [9.17, 15) is 8.78 Å². The third kappa shape index (κ3) is 5.01. The number of rotatable bonds is 6. The van der Waals surface area contributed by atoms with Gasteiger partial charge in [-0.15, -0.1) is 0 Å². The molecule has 0 bridgehead atoms. The summed E-state index contributed by atoms with van der Waals surface area (Å²) in [5, 5.41) is 3.16. The van der Waals surface area contributed by atoms with Gasteiger partial charge in [0, 0.05) is 61.0 Å². The smallest absolute Gasteiger partial charge is 0.227 e. The van der Waals surface area contributed by atoms with Crippen LogP contribution in [-0.2, 0) is 6.54 Å². The molecule has 0 unspecified atom stereocenters. The van der Waals surface area contributed by atoms with Crippen molar-refractivity contribution in [2.75, 3.05) is 36.4 Å². The minimum atomic E-state index is -0.579. The molecule has 0 saturated carbocycles. The third-order valence-electron chi connectivity index (χ3n) is 6.90. The molecule has 1 N–H and O–H groups in total. The number of piperidine rings is 2. The third-order valence-corrected chi connectivity index (χ3v) is 6.90. The van der Waals surface area contributed by atoms with E-state index in [2.05, 4.69) is 25.1 Å². The Morgan fingerprint density at radius 3 is 2.38 bits per heavy atom. The van der Waals surface area contributed by atoms with Crippen LogP contribution in [0.1, 0.15) is 37.7 Å². The molecule has 3 aromatic rings. The van der Waals surface area contributed by atoms with E-state index in [4.69, 9.17) is 4.98 Å². The summed E-state index contributed by atoms with van der Waals surface area (Å²) in [7, 11) is 0. The first kappa shape index (κ1) is 22.7. The van der Waals surface area contributed by atoms with Crippen LogP contribution in [0, 0.1) is 11.6 Å². The van der Waals surface area contributed by atoms with Gasteiger partial charge in [-0.1, -0.05) is 18.6 Å². The summed E-state index contributed by atoms with van der Waals surface area (Å²) in [4.78, 5) is 18.5. The van der Waals surface area contributed by atoms with E-state index < -0.39 is 11.6 Å². The van der Waals surface area contributed by atoms with Crippen molar-refractivity contribution in [3.8, 4) is 11.1 Å². The summed E-state index contributed by atoms with van der Waals surface area (Å²) in [5.74, 6) is 0.0223. The van der Waals surface area contributed by atoms with Gasteiger partial charge in [-0.25, -0.2) is 13.8 Å². The van der Waals surface area contributed by atoms with Crippen molar-refractivity contribution in [2.45, 2.75) is 44.7 Å². The molecular formula is C26H30F2N6. The fourth-order valence-corrected chi connectivity index (χ4v) is 4.98. The lowest BCUT2D eigenvalue weighted by Crippen LogP contribution is -2.47. The monoisotopic (exact) mass is 464 g/mol. The van der Waals surface area contributed by atoms with Crippen LogP contribution in [0.5, 0.6) is 0 Å². The van der Waals surface area contributed by atoms with Crippen molar-refractivity contribution in [2.24, 2.45) is 0 Å². The minimum absolute atomic E-state index is 0.0119. The molecule has 0 aliphatic carbocycles. The molecule has 4 heterocycles. The number of nitrogens with one attached hydrogen (secondary N) is 1. The van der Waals surface area contributed by atoms with Crippen LogP contribution < -0.4 is 10.2 Å². The largest absolute Gasteiger partial charge is 0.365 e. The highest BCUT2D eigenvalue weighted by Gasteiger charge is 2.27. The Bertz CT molecular complexity index is 1080. The lowest BCUT2D eigenvalue weighted by atomic mass is 10.00. The number of aromatic nitrogens is 3. The van der Waals surface area contributed by atoms with Gasteiger partial charge in [0.25, 0.3) is 0 Å². The zero-order chi connectivity index (χ0) is 23.3. The predicted octanol–water partition coefficient (Wildman–Crippen LogP) is 4.88. The number of halogens is 2. The Kier molecular flexibility index (Phi) is 6.94. The van der Waals surface area contributed by atoms with Crippen LogP contribution in [-0.4, -0.2) is 52.1 Å². The summed E-state index contributed by atoms with van der Waals surface area (Å²) < 4.78 is 28.4. The molecule has 2 aromatic heterocycles. The Morgan fingerprint density at radius 2 is 1.68 bits per heavy atom. The molecule has 1 aromatic carbocycles. The molecule has 0 amide bonds. The van der Waals surface area contributed by atoms with E-state index in [1.165, 1.54) is 50.6 Å². The molecule has 2 fully saturated rings. The van der Waals surface area contributed by atoms with Crippen molar-refractivity contribution in [1.29, 1.82) is 0 Å². The predicted molar refractivity (Wildman–Crippen MR) is 130 cm³/mol. The highest BCUT2D eigenvalue weighted by Crippen LogP contribution is 2.29. The molecule has 0 atom stereocenters. The molecule has 6 nitrogen and oxygen atoms in total. The number of pyridine rings is 1. The number of benzene rings is 1. The summed E-state index contributed by atoms with van der Waals surface area (Å²) in [6, 6.07) is 8.29. The van der Waals surface area contributed by atoms with Crippen LogP contribution in [0.25, 0.3) is 11.1 Å². The van der Waals surface area contributed by atoms with E-state index in [0.29, 0.717) is 17.8 Å². The maximum absolute atomic E-state index is 14.2. The Morgan fingerprint density at radius 1 is 0.912 bits per heavy atom. The second-order valence-electron chi connectivity index (χ2n) is 9.04. The van der Waals surface area contributed by atoms with Crippen molar-refractivity contribution in [1.82, 2.24) is 19.9 Å².